The van der Waals surface area contributed by atoms with E-state index in [1.165, 1.54) is 12.1 Å². The zero-order valence-corrected chi connectivity index (χ0v) is 8.98. The van der Waals surface area contributed by atoms with E-state index in [4.69, 9.17) is 4.74 Å². The summed E-state index contributed by atoms with van der Waals surface area (Å²) in [6.07, 6.45) is -0.181. The summed E-state index contributed by atoms with van der Waals surface area (Å²) < 4.78 is 18.7. The van der Waals surface area contributed by atoms with Crippen molar-refractivity contribution in [1.29, 1.82) is 0 Å². The first kappa shape index (κ1) is 11.7. The lowest BCUT2D eigenvalue weighted by Crippen LogP contribution is -2.46. The topological polar surface area (TPSA) is 76.4 Å². The summed E-state index contributed by atoms with van der Waals surface area (Å²) in [5.74, 6) is -0.647. The maximum absolute atomic E-state index is 13.5. The lowest BCUT2D eigenvalue weighted by molar-refractivity contribution is -0.385. The highest BCUT2D eigenvalue weighted by Crippen LogP contribution is 2.21. The molecule has 0 spiro atoms. The van der Waals surface area contributed by atoms with Gasteiger partial charge in [-0.2, -0.15) is 0 Å². The maximum atomic E-state index is 13.5. The number of nitrogens with one attached hydrogen (secondary N) is 2. The van der Waals surface area contributed by atoms with Gasteiger partial charge in [0.1, 0.15) is 6.17 Å². The highest BCUT2D eigenvalue weighted by Gasteiger charge is 2.16. The normalized spacial score (nSPS) is 19.9. The minimum absolute atomic E-state index is 0.181. The van der Waals surface area contributed by atoms with Gasteiger partial charge in [-0.3, -0.25) is 15.4 Å². The second-order valence-electron chi connectivity index (χ2n) is 3.65. The predicted molar refractivity (Wildman–Crippen MR) is 59.3 cm³/mol. The summed E-state index contributed by atoms with van der Waals surface area (Å²) >= 11 is 0. The molecule has 1 aliphatic heterocycles. The van der Waals surface area contributed by atoms with E-state index in [-0.39, 0.29) is 17.5 Å². The average Bonchev–Trinajstić information content (AvgIpc) is 2.33. The van der Waals surface area contributed by atoms with Gasteiger partial charge in [0.25, 0.3) is 5.69 Å². The number of non-ortho nitro benzene ring substituents is 1. The SMILES string of the molecule is O=[N+]([O-])c1ccc(NC2COCCN2)c(F)c1. The van der Waals surface area contributed by atoms with E-state index in [0.717, 1.165) is 6.07 Å². The van der Waals surface area contributed by atoms with Gasteiger partial charge < -0.3 is 10.1 Å². The third kappa shape index (κ3) is 2.89. The van der Waals surface area contributed by atoms with Gasteiger partial charge >= 0.3 is 0 Å². The third-order valence-electron chi connectivity index (χ3n) is 2.41. The predicted octanol–water partition coefficient (Wildman–Crippen LogP) is 1.09. The average molecular weight is 241 g/mol. The molecular formula is C10H12FN3O3. The molecule has 7 heteroatoms. The fraction of sp³-hybridized carbons (Fsp3) is 0.400. The number of ether oxygens (including phenoxy) is 1. The molecule has 1 fully saturated rings. The van der Waals surface area contributed by atoms with E-state index in [0.29, 0.717) is 19.8 Å². The summed E-state index contributed by atoms with van der Waals surface area (Å²) in [6, 6.07) is 3.50. The highest BCUT2D eigenvalue weighted by atomic mass is 19.1. The molecule has 0 aromatic heterocycles. The minimum Gasteiger partial charge on any atom is -0.377 e. The first-order chi connectivity index (χ1) is 8.16. The largest absolute Gasteiger partial charge is 0.377 e. The van der Waals surface area contributed by atoms with Crippen molar-refractivity contribution in [3.05, 3.63) is 34.1 Å². The Morgan fingerprint density at radius 2 is 2.41 bits per heavy atom. The number of rotatable bonds is 3. The summed E-state index contributed by atoms with van der Waals surface area (Å²) in [6.45, 7) is 1.74. The summed E-state index contributed by atoms with van der Waals surface area (Å²) in [5, 5.41) is 16.4. The molecule has 0 aliphatic carbocycles. The van der Waals surface area contributed by atoms with Gasteiger partial charge in [-0.1, -0.05) is 0 Å². The Morgan fingerprint density at radius 3 is 3.00 bits per heavy atom. The van der Waals surface area contributed by atoms with Crippen LogP contribution in [-0.4, -0.2) is 30.8 Å². The molecule has 0 bridgehead atoms. The van der Waals surface area contributed by atoms with Crippen molar-refractivity contribution in [2.75, 3.05) is 25.1 Å². The van der Waals surface area contributed by atoms with Crippen LogP contribution in [0.1, 0.15) is 0 Å². The van der Waals surface area contributed by atoms with Crippen molar-refractivity contribution in [3.63, 3.8) is 0 Å². The molecule has 92 valence electrons. The van der Waals surface area contributed by atoms with Crippen LogP contribution < -0.4 is 10.6 Å². The molecule has 0 radical (unpaired) electrons. The van der Waals surface area contributed by atoms with Crippen LogP contribution in [0.5, 0.6) is 0 Å². The summed E-state index contributed by atoms with van der Waals surface area (Å²) in [4.78, 5) is 9.81. The van der Waals surface area contributed by atoms with E-state index in [2.05, 4.69) is 10.6 Å². The Morgan fingerprint density at radius 1 is 1.59 bits per heavy atom. The molecule has 0 amide bonds. The molecule has 2 N–H and O–H groups in total. The van der Waals surface area contributed by atoms with Crippen molar-refractivity contribution in [3.8, 4) is 0 Å². The maximum Gasteiger partial charge on any atom is 0.272 e. The van der Waals surface area contributed by atoms with Gasteiger partial charge in [-0.15, -0.1) is 0 Å². The zero-order valence-electron chi connectivity index (χ0n) is 8.98. The number of nitro benzene ring substituents is 1. The van der Waals surface area contributed by atoms with Gasteiger partial charge in [-0.25, -0.2) is 4.39 Å². The smallest absolute Gasteiger partial charge is 0.272 e. The molecule has 2 rings (SSSR count). The Kier molecular flexibility index (Phi) is 3.50. The second kappa shape index (κ2) is 5.07. The Bertz CT molecular complexity index is 421. The van der Waals surface area contributed by atoms with Crippen LogP contribution in [0.15, 0.2) is 18.2 Å². The van der Waals surface area contributed by atoms with Crippen molar-refractivity contribution < 1.29 is 14.1 Å². The standard InChI is InChI=1S/C10H12FN3O3/c11-8-5-7(14(15)16)1-2-9(8)13-10-6-17-4-3-12-10/h1-2,5,10,12-13H,3-4,6H2. The van der Waals surface area contributed by atoms with Crippen molar-refractivity contribution in [1.82, 2.24) is 5.32 Å². The summed E-state index contributed by atoms with van der Waals surface area (Å²) in [7, 11) is 0. The number of benzene rings is 1. The number of hydrogen-bond acceptors (Lipinski definition) is 5. The first-order valence-corrected chi connectivity index (χ1v) is 5.18. The Hall–Kier alpha value is -1.73. The van der Waals surface area contributed by atoms with E-state index in [1.807, 2.05) is 0 Å². The lowest BCUT2D eigenvalue weighted by Gasteiger charge is -2.25. The van der Waals surface area contributed by atoms with Crippen molar-refractivity contribution >= 4 is 11.4 Å². The monoisotopic (exact) mass is 241 g/mol. The molecule has 1 saturated heterocycles. The quantitative estimate of drug-likeness (QED) is 0.612. The molecule has 6 nitrogen and oxygen atoms in total. The molecule has 1 aliphatic rings. The molecule has 1 heterocycles. The Labute approximate surface area is 96.9 Å². The molecule has 17 heavy (non-hydrogen) atoms. The van der Waals surface area contributed by atoms with Crippen LogP contribution in [0.3, 0.4) is 0 Å². The van der Waals surface area contributed by atoms with Crippen LogP contribution in [0.4, 0.5) is 15.8 Å². The van der Waals surface area contributed by atoms with E-state index in [1.54, 1.807) is 0 Å². The van der Waals surface area contributed by atoms with Gasteiger partial charge in [0.05, 0.1) is 29.9 Å². The van der Waals surface area contributed by atoms with Crippen LogP contribution in [0, 0.1) is 15.9 Å². The van der Waals surface area contributed by atoms with Crippen LogP contribution >= 0.6 is 0 Å². The molecule has 1 atom stereocenters. The van der Waals surface area contributed by atoms with Crippen molar-refractivity contribution in [2.24, 2.45) is 0 Å². The van der Waals surface area contributed by atoms with Gasteiger partial charge in [0, 0.05) is 12.6 Å². The van der Waals surface area contributed by atoms with Gasteiger partial charge in [0.15, 0.2) is 5.82 Å². The van der Waals surface area contributed by atoms with Crippen molar-refractivity contribution in [2.45, 2.75) is 6.17 Å². The highest BCUT2D eigenvalue weighted by molar-refractivity contribution is 5.50. The number of morpholine rings is 1. The molecule has 0 saturated carbocycles. The second-order valence-corrected chi connectivity index (χ2v) is 3.65. The number of nitrogens with zero attached hydrogens (tertiary/aromatic N) is 1. The third-order valence-corrected chi connectivity index (χ3v) is 2.41. The van der Waals surface area contributed by atoms with Crippen LogP contribution in [0.2, 0.25) is 0 Å². The molecular weight excluding hydrogens is 229 g/mol. The summed E-state index contributed by atoms with van der Waals surface area (Å²) in [5.41, 5.74) is -0.0421. The molecule has 1 unspecified atom stereocenters. The zero-order chi connectivity index (χ0) is 12.3. The van der Waals surface area contributed by atoms with Crippen LogP contribution in [0.25, 0.3) is 0 Å². The van der Waals surface area contributed by atoms with E-state index < -0.39 is 10.7 Å². The fourth-order valence-electron chi connectivity index (χ4n) is 1.58. The minimum atomic E-state index is -0.647. The number of halogens is 1. The van der Waals surface area contributed by atoms with E-state index in [9.17, 15) is 14.5 Å². The number of hydrogen-bond donors (Lipinski definition) is 2. The number of anilines is 1. The van der Waals surface area contributed by atoms with E-state index >= 15 is 0 Å². The van der Waals surface area contributed by atoms with Gasteiger partial charge in [-0.05, 0) is 6.07 Å². The van der Waals surface area contributed by atoms with Crippen LogP contribution in [-0.2, 0) is 4.74 Å². The van der Waals surface area contributed by atoms with Gasteiger partial charge in [0.2, 0.25) is 0 Å². The molecule has 1 aromatic carbocycles. The molecule has 1 aromatic rings. The first-order valence-electron chi connectivity index (χ1n) is 5.18. The lowest BCUT2D eigenvalue weighted by atomic mass is 10.2. The Balaban J connectivity index is 2.08. The number of nitro groups is 1. The fourth-order valence-corrected chi connectivity index (χ4v) is 1.58.